The predicted octanol–water partition coefficient (Wildman–Crippen LogP) is 14.3. The number of nitrogens with zero attached hydrogens (tertiary/aromatic N) is 5. The van der Waals surface area contributed by atoms with Gasteiger partial charge in [0.25, 0.3) is 0 Å². The molecule has 0 atom stereocenters. The number of pyridine rings is 4. The summed E-state index contributed by atoms with van der Waals surface area (Å²) in [5.74, 6) is 1.04. The molecule has 1 aliphatic rings. The van der Waals surface area contributed by atoms with Crippen molar-refractivity contribution in [3.8, 4) is 0 Å². The zero-order valence-corrected chi connectivity index (χ0v) is 55.8. The highest BCUT2D eigenvalue weighted by atomic mass is 127. The first-order valence-corrected chi connectivity index (χ1v) is 29.4. The predicted molar refractivity (Wildman–Crippen MR) is 344 cm³/mol. The maximum atomic E-state index is 12.4. The number of aromatic nitrogens is 4. The van der Waals surface area contributed by atoms with Crippen molar-refractivity contribution in [3.05, 3.63) is 112 Å². The molecule has 0 bridgehead atoms. The monoisotopic (exact) mass is 1530 g/mol. The molecule has 81 heavy (non-hydrogen) atoms. The number of aryl methyl sites for hydroxylation is 4. The van der Waals surface area contributed by atoms with Gasteiger partial charge in [0.1, 0.15) is 23.0 Å². The van der Waals surface area contributed by atoms with Crippen LogP contribution < -0.4 is 5.90 Å². The van der Waals surface area contributed by atoms with Crippen molar-refractivity contribution in [1.29, 1.82) is 0 Å². The lowest BCUT2D eigenvalue weighted by Gasteiger charge is -2.20. The van der Waals surface area contributed by atoms with Gasteiger partial charge in [-0.05, 0) is 174 Å². The first kappa shape index (κ1) is 88.1. The Morgan fingerprint density at radius 3 is 1.32 bits per heavy atom. The number of oxime groups is 1. The normalized spacial score (nSPS) is 10.9. The standard InChI is InChI=1S/C14H18BrNO3.C12H13BrN2O2.C12H14BrNO3.C10H12BrNO2.C4H8O2.CH3I.3CH4.ClH.H3NO/c1-5-11-10(15)7-9(8-16-11)12(17)14(3,4)13(18)19-6-2;1-4-9-8(13)5-7(6-14-9)10-12(2,3)11(16)17-15-10;1-3-10-9(13)5-8(7-14-10)11(15)6-12(16)17-4-2;1-3-9-8(11)5-7(6-12-9)10(13)14-4-2;1-3-6-4(2)5;1-2;;;;;1-2/h7-8H,5-6H2,1-4H3;5-6H,4H2,1-3H3;5,7H,3-4,6H2,1-2H3;5-6H,3-4H2,1-2H3;3H2,1-2H3;1H3;3*1H4;1H;2H,1H2. The summed E-state index contributed by atoms with van der Waals surface area (Å²) in [6, 6.07) is 7.06. The number of hydrogen-bond donors (Lipinski definition) is 2. The van der Waals surface area contributed by atoms with E-state index in [0.29, 0.717) is 35.6 Å². The first-order valence-electron chi connectivity index (χ1n) is 24.1. The van der Waals surface area contributed by atoms with Gasteiger partial charge in [-0.2, -0.15) is 0 Å². The van der Waals surface area contributed by atoms with Crippen LogP contribution in [-0.2, 0) is 68.6 Å². The molecule has 0 aromatic carbocycles. The number of esters is 4. The van der Waals surface area contributed by atoms with Gasteiger partial charge in [-0.15, -0.1) is 12.4 Å². The van der Waals surface area contributed by atoms with Crippen LogP contribution in [0.4, 0.5) is 0 Å². The van der Waals surface area contributed by atoms with Crippen LogP contribution in [0.1, 0.15) is 178 Å². The van der Waals surface area contributed by atoms with E-state index in [0.717, 1.165) is 71.9 Å². The van der Waals surface area contributed by atoms with E-state index in [1.54, 1.807) is 86.0 Å². The number of halogens is 6. The van der Waals surface area contributed by atoms with E-state index in [2.05, 4.69) is 122 Å². The topological polar surface area (TPSA) is 276 Å². The minimum Gasteiger partial charge on any atom is -0.466 e. The van der Waals surface area contributed by atoms with Gasteiger partial charge in [0, 0.05) is 66.3 Å². The molecule has 458 valence electrons. The molecule has 5 rings (SSSR count). The van der Waals surface area contributed by atoms with E-state index in [-0.39, 0.29) is 83.8 Å². The largest absolute Gasteiger partial charge is 0.466 e. The maximum Gasteiger partial charge on any atom is 0.346 e. The average Bonchev–Trinajstić information content (AvgIpc) is 3.68. The van der Waals surface area contributed by atoms with Gasteiger partial charge < -0.3 is 29.0 Å². The van der Waals surface area contributed by atoms with Crippen molar-refractivity contribution in [1.82, 2.24) is 19.9 Å². The Morgan fingerprint density at radius 1 is 0.605 bits per heavy atom. The number of carbonyl (C=O) groups is 7. The number of Topliss-reactive ketones (excluding diaryl/α,β-unsaturated/α-hetero) is 2. The van der Waals surface area contributed by atoms with Crippen LogP contribution in [0.2, 0.25) is 0 Å². The van der Waals surface area contributed by atoms with Gasteiger partial charge in [0.15, 0.2) is 11.6 Å². The second-order valence-electron chi connectivity index (χ2n) is 16.2. The molecule has 4 aromatic rings. The van der Waals surface area contributed by atoms with Crippen molar-refractivity contribution < 1.29 is 62.6 Å². The molecule has 0 amide bonds. The van der Waals surface area contributed by atoms with Crippen molar-refractivity contribution in [2.45, 2.75) is 144 Å². The van der Waals surface area contributed by atoms with Crippen molar-refractivity contribution in [2.75, 3.05) is 31.4 Å². The molecule has 0 saturated carbocycles. The van der Waals surface area contributed by atoms with Gasteiger partial charge >= 0.3 is 29.8 Å². The number of ether oxygens (including phenoxy) is 4. The first-order chi connectivity index (χ1) is 36.3. The molecule has 3 N–H and O–H groups in total. The lowest BCUT2D eigenvalue weighted by molar-refractivity contribution is -0.150. The number of rotatable bonds is 16. The number of carbonyl (C=O) groups excluding carboxylic acids is 7. The molecular formula is C56H84Br4ClIN6O13. The van der Waals surface area contributed by atoms with E-state index in [1.165, 1.54) is 19.3 Å². The fourth-order valence-electron chi connectivity index (χ4n) is 5.88. The molecule has 25 heteroatoms. The van der Waals surface area contributed by atoms with Gasteiger partial charge in [0.2, 0.25) is 0 Å². The van der Waals surface area contributed by atoms with Crippen molar-refractivity contribution in [3.63, 3.8) is 0 Å². The van der Waals surface area contributed by atoms with Crippen LogP contribution >= 0.6 is 98.7 Å². The summed E-state index contributed by atoms with van der Waals surface area (Å²) < 4.78 is 22.3. The van der Waals surface area contributed by atoms with E-state index in [4.69, 9.17) is 24.3 Å². The summed E-state index contributed by atoms with van der Waals surface area (Å²) >= 11 is 15.7. The molecule has 0 saturated heterocycles. The van der Waals surface area contributed by atoms with Crippen LogP contribution in [0.15, 0.2) is 72.1 Å². The number of alkyl halides is 1. The highest BCUT2D eigenvalue weighted by molar-refractivity contribution is 14.1. The van der Waals surface area contributed by atoms with Gasteiger partial charge in [0.05, 0.1) is 54.8 Å². The molecule has 0 aliphatic carbocycles. The quantitative estimate of drug-likeness (QED) is 0.0154. The molecule has 0 radical (unpaired) electrons. The minimum atomic E-state index is -1.20. The van der Waals surface area contributed by atoms with Crippen molar-refractivity contribution in [2.24, 2.45) is 21.9 Å². The molecule has 4 aromatic heterocycles. The lowest BCUT2D eigenvalue weighted by atomic mass is 9.85. The Hall–Kier alpha value is -4.18. The SMILES string of the molecule is C.C.C.CCOC(=O)C(C)(C)C(=O)c1cnc(CC)c(Br)c1.CCOC(=O)CC(=O)c1cnc(CC)c(Br)c1.CCOC(=O)c1cnc(CC)c(Br)c1.CCOC(C)=O.CCc1ncc(C2=NOC(=O)C2(C)C)cc1Br.CI.Cl.NO. The van der Waals surface area contributed by atoms with E-state index < -0.39 is 22.8 Å². The molecule has 1 aliphatic heterocycles. The minimum absolute atomic E-state index is 0. The number of hydrogen-bond acceptors (Lipinski definition) is 19. The third-order valence-corrected chi connectivity index (χ3v) is 12.8. The van der Waals surface area contributed by atoms with Crippen LogP contribution in [0, 0.1) is 10.8 Å². The smallest absolute Gasteiger partial charge is 0.346 e. The van der Waals surface area contributed by atoms with Crippen molar-refractivity contribution >= 4 is 146 Å². The Labute approximate surface area is 533 Å². The van der Waals surface area contributed by atoms with Crippen LogP contribution in [0.5, 0.6) is 0 Å². The van der Waals surface area contributed by atoms with E-state index >= 15 is 0 Å². The third-order valence-electron chi connectivity index (χ3n) is 10.0. The maximum absolute atomic E-state index is 12.4. The fourth-order valence-corrected chi connectivity index (χ4v) is 8.39. The lowest BCUT2D eigenvalue weighted by Crippen LogP contribution is -2.35. The Balaban J connectivity index is -0.000000216. The highest BCUT2D eigenvalue weighted by Gasteiger charge is 2.42. The third kappa shape index (κ3) is 30.3. The summed E-state index contributed by atoms with van der Waals surface area (Å²) in [4.78, 5) is 103. The van der Waals surface area contributed by atoms with Gasteiger partial charge in [-0.3, -0.25) is 43.9 Å². The highest BCUT2D eigenvalue weighted by Crippen LogP contribution is 2.31. The zero-order chi connectivity index (χ0) is 59.6. The van der Waals surface area contributed by atoms with Gasteiger partial charge in [-0.25, -0.2) is 15.5 Å². The second-order valence-corrected chi connectivity index (χ2v) is 19.6. The zero-order valence-electron chi connectivity index (χ0n) is 46.4. The number of nitrogens with two attached hydrogens (primary N) is 1. The van der Waals surface area contributed by atoms with Crippen LogP contribution in [0.3, 0.4) is 0 Å². The average molecular weight is 1530 g/mol. The Morgan fingerprint density at radius 2 is 0.975 bits per heavy atom. The summed E-state index contributed by atoms with van der Waals surface area (Å²) in [6.45, 7) is 24.5. The Bertz CT molecular complexity index is 2610. The van der Waals surface area contributed by atoms with E-state index in [1.807, 2.05) is 38.7 Å². The molecule has 5 heterocycles. The van der Waals surface area contributed by atoms with Crippen LogP contribution in [0.25, 0.3) is 0 Å². The molecule has 0 fully saturated rings. The van der Waals surface area contributed by atoms with Crippen LogP contribution in [-0.4, -0.2) is 104 Å². The molecule has 19 nitrogen and oxygen atoms in total. The second kappa shape index (κ2) is 47.2. The van der Waals surface area contributed by atoms with Gasteiger partial charge in [-0.1, -0.05) is 77.7 Å². The number of ketones is 2. The molecule has 0 unspecified atom stereocenters. The Kier molecular flexibility index (Phi) is 51.3. The molecule has 0 spiro atoms. The summed E-state index contributed by atoms with van der Waals surface area (Å²) in [7, 11) is 0. The summed E-state index contributed by atoms with van der Waals surface area (Å²) in [5, 5.41) is 10.3. The van der Waals surface area contributed by atoms with E-state index in [9.17, 15) is 33.6 Å². The summed E-state index contributed by atoms with van der Waals surface area (Å²) in [6.07, 6.45) is 9.28. The summed E-state index contributed by atoms with van der Waals surface area (Å²) in [5.41, 5.74) is 4.52. The fraction of sp³-hybridized carbons (Fsp3) is 0.500. The molecular weight excluding hydrogens is 1450 g/mol.